The molecule has 1 aliphatic rings. The lowest BCUT2D eigenvalue weighted by atomic mass is 9.78. The highest BCUT2D eigenvalue weighted by atomic mass is 19.4. The van der Waals surface area contributed by atoms with Crippen LogP contribution in [0.1, 0.15) is 54.5 Å². The molecule has 0 radical (unpaired) electrons. The second-order valence-corrected chi connectivity index (χ2v) is 8.90. The van der Waals surface area contributed by atoms with Gasteiger partial charge in [-0.2, -0.15) is 26.3 Å². The third-order valence-corrected chi connectivity index (χ3v) is 6.45. The summed E-state index contributed by atoms with van der Waals surface area (Å²) in [7, 11) is 1.57. The van der Waals surface area contributed by atoms with Crippen molar-refractivity contribution >= 4 is 5.91 Å². The number of nitrogens with one attached hydrogen (secondary N) is 2. The summed E-state index contributed by atoms with van der Waals surface area (Å²) in [6.45, 7) is 1.98. The minimum atomic E-state index is -4.92. The highest BCUT2D eigenvalue weighted by molar-refractivity contribution is 5.75. The van der Waals surface area contributed by atoms with Crippen LogP contribution in [0.2, 0.25) is 0 Å². The van der Waals surface area contributed by atoms with Gasteiger partial charge in [0.05, 0.1) is 29.4 Å². The Bertz CT molecular complexity index is 967. The number of rotatable bonds is 7. The van der Waals surface area contributed by atoms with E-state index < -0.39 is 35.1 Å². The van der Waals surface area contributed by atoms with Crippen molar-refractivity contribution in [2.24, 2.45) is 5.92 Å². The Labute approximate surface area is 200 Å². The summed E-state index contributed by atoms with van der Waals surface area (Å²) in [5.74, 6) is 0.0286. The SMILES string of the molecule is CNC(=O)C[C@@H]1CCC(COC(C)c2cc(C(F)(F)F)cc(C(F)(F)F)c2)(c2ccccc2)NC1. The van der Waals surface area contributed by atoms with E-state index >= 15 is 0 Å². The van der Waals surface area contributed by atoms with Gasteiger partial charge in [-0.15, -0.1) is 0 Å². The summed E-state index contributed by atoms with van der Waals surface area (Å²) in [4.78, 5) is 11.8. The van der Waals surface area contributed by atoms with Crippen LogP contribution in [0.4, 0.5) is 26.3 Å². The van der Waals surface area contributed by atoms with Gasteiger partial charge in [-0.05, 0) is 61.6 Å². The van der Waals surface area contributed by atoms with Crippen LogP contribution >= 0.6 is 0 Å². The minimum absolute atomic E-state index is 0.0302. The van der Waals surface area contributed by atoms with Crippen molar-refractivity contribution in [3.8, 4) is 0 Å². The third-order valence-electron chi connectivity index (χ3n) is 6.45. The highest BCUT2D eigenvalue weighted by Crippen LogP contribution is 2.39. The van der Waals surface area contributed by atoms with Crippen molar-refractivity contribution in [2.45, 2.75) is 50.2 Å². The van der Waals surface area contributed by atoms with E-state index in [2.05, 4.69) is 10.6 Å². The molecule has 0 spiro atoms. The van der Waals surface area contributed by atoms with Gasteiger partial charge in [0.25, 0.3) is 0 Å². The zero-order valence-electron chi connectivity index (χ0n) is 19.4. The monoisotopic (exact) mass is 502 g/mol. The highest BCUT2D eigenvalue weighted by Gasteiger charge is 2.39. The summed E-state index contributed by atoms with van der Waals surface area (Å²) < 4.78 is 85.5. The normalized spacial score (nSPS) is 22.0. The fourth-order valence-electron chi connectivity index (χ4n) is 4.31. The predicted octanol–water partition coefficient (Wildman–Crippen LogP) is 5.83. The molecular weight excluding hydrogens is 474 g/mol. The summed E-state index contributed by atoms with van der Waals surface area (Å²) in [5.41, 5.74) is -2.75. The van der Waals surface area contributed by atoms with Crippen LogP contribution in [0.15, 0.2) is 48.5 Å². The molecule has 2 N–H and O–H groups in total. The summed E-state index contributed by atoms with van der Waals surface area (Å²) in [6.07, 6.45) is -9.23. The number of hydrogen-bond donors (Lipinski definition) is 2. The quantitative estimate of drug-likeness (QED) is 0.469. The Morgan fingerprint density at radius 2 is 1.69 bits per heavy atom. The molecule has 0 aliphatic carbocycles. The molecule has 1 amide bonds. The Morgan fingerprint density at radius 3 is 2.17 bits per heavy atom. The number of ether oxygens (including phenoxy) is 1. The molecule has 2 unspecified atom stereocenters. The van der Waals surface area contributed by atoms with E-state index in [9.17, 15) is 31.1 Å². The van der Waals surface area contributed by atoms with Crippen LogP contribution < -0.4 is 10.6 Å². The molecule has 10 heteroatoms. The number of carbonyl (C=O) groups is 1. The first-order valence-corrected chi connectivity index (χ1v) is 11.3. The minimum Gasteiger partial charge on any atom is -0.372 e. The second kappa shape index (κ2) is 10.6. The number of halogens is 6. The maximum Gasteiger partial charge on any atom is 0.416 e. The molecule has 0 saturated carbocycles. The van der Waals surface area contributed by atoms with Gasteiger partial charge in [0.15, 0.2) is 0 Å². The Hall–Kier alpha value is -2.59. The number of hydrogen-bond acceptors (Lipinski definition) is 3. The van der Waals surface area contributed by atoms with E-state index in [1.54, 1.807) is 7.05 Å². The lowest BCUT2D eigenvalue weighted by molar-refractivity contribution is -0.143. The third kappa shape index (κ3) is 6.76. The van der Waals surface area contributed by atoms with Crippen molar-refractivity contribution in [1.82, 2.24) is 10.6 Å². The molecule has 1 saturated heterocycles. The number of piperidine rings is 1. The lowest BCUT2D eigenvalue weighted by Crippen LogP contribution is -2.52. The van der Waals surface area contributed by atoms with Crippen molar-refractivity contribution < 1.29 is 35.9 Å². The van der Waals surface area contributed by atoms with Crippen molar-refractivity contribution in [1.29, 1.82) is 0 Å². The number of carbonyl (C=O) groups excluding carboxylic acids is 1. The number of amides is 1. The standard InChI is InChI=1S/C25H28F6N2O2/c1-16(18-11-20(24(26,27)28)13-21(12-18)25(29,30)31)35-15-23(19-6-4-3-5-7-19)9-8-17(14-33-23)10-22(34)32-2/h3-7,11-13,16-17,33H,8-10,14-15H2,1-2H3,(H,32,34)/t16?,17-,23?/m0/s1. The second-order valence-electron chi connectivity index (χ2n) is 8.90. The van der Waals surface area contributed by atoms with Crippen LogP contribution in [0.5, 0.6) is 0 Å². The largest absolute Gasteiger partial charge is 0.416 e. The van der Waals surface area contributed by atoms with Gasteiger partial charge in [-0.3, -0.25) is 4.79 Å². The summed E-state index contributed by atoms with van der Waals surface area (Å²) >= 11 is 0. The Kier molecular flexibility index (Phi) is 8.16. The van der Waals surface area contributed by atoms with Crippen molar-refractivity contribution in [2.75, 3.05) is 20.2 Å². The van der Waals surface area contributed by atoms with Crippen LogP contribution in [0.25, 0.3) is 0 Å². The van der Waals surface area contributed by atoms with Gasteiger partial charge in [0, 0.05) is 13.5 Å². The fourth-order valence-corrected chi connectivity index (χ4v) is 4.31. The zero-order valence-corrected chi connectivity index (χ0v) is 19.4. The van der Waals surface area contributed by atoms with Crippen molar-refractivity contribution in [3.63, 3.8) is 0 Å². The van der Waals surface area contributed by atoms with Crippen LogP contribution in [-0.2, 0) is 27.4 Å². The van der Waals surface area contributed by atoms with E-state index in [1.165, 1.54) is 6.92 Å². The lowest BCUT2D eigenvalue weighted by Gasteiger charge is -2.42. The smallest absolute Gasteiger partial charge is 0.372 e. The predicted molar refractivity (Wildman–Crippen MR) is 118 cm³/mol. The van der Waals surface area contributed by atoms with Gasteiger partial charge in [-0.1, -0.05) is 30.3 Å². The molecule has 1 heterocycles. The molecule has 192 valence electrons. The molecule has 2 aromatic rings. The van der Waals surface area contributed by atoms with Crippen LogP contribution in [-0.4, -0.2) is 26.1 Å². The first-order chi connectivity index (χ1) is 16.3. The number of benzene rings is 2. The van der Waals surface area contributed by atoms with Gasteiger partial charge in [0.1, 0.15) is 0 Å². The van der Waals surface area contributed by atoms with Gasteiger partial charge in [-0.25, -0.2) is 0 Å². The van der Waals surface area contributed by atoms with E-state index in [0.717, 1.165) is 5.56 Å². The van der Waals surface area contributed by atoms with E-state index in [0.29, 0.717) is 37.9 Å². The fraction of sp³-hybridized carbons (Fsp3) is 0.480. The molecule has 0 bridgehead atoms. The van der Waals surface area contributed by atoms with Crippen molar-refractivity contribution in [3.05, 3.63) is 70.8 Å². The van der Waals surface area contributed by atoms with Gasteiger partial charge in [0.2, 0.25) is 5.91 Å². The summed E-state index contributed by atoms with van der Waals surface area (Å²) in [5, 5.41) is 6.04. The van der Waals surface area contributed by atoms with E-state index in [4.69, 9.17) is 4.74 Å². The molecule has 4 nitrogen and oxygen atoms in total. The molecule has 1 fully saturated rings. The van der Waals surface area contributed by atoms with Gasteiger partial charge < -0.3 is 15.4 Å². The molecule has 35 heavy (non-hydrogen) atoms. The average Bonchev–Trinajstić information content (AvgIpc) is 2.82. The molecule has 1 aliphatic heterocycles. The maximum absolute atomic E-state index is 13.3. The zero-order chi connectivity index (χ0) is 25.9. The van der Waals surface area contributed by atoms with Crippen LogP contribution in [0.3, 0.4) is 0 Å². The average molecular weight is 502 g/mol. The summed E-state index contributed by atoms with van der Waals surface area (Å²) in [6, 6.07) is 10.8. The Morgan fingerprint density at radius 1 is 1.09 bits per heavy atom. The first kappa shape index (κ1) is 27.0. The molecule has 0 aromatic heterocycles. The van der Waals surface area contributed by atoms with Gasteiger partial charge >= 0.3 is 12.4 Å². The van der Waals surface area contributed by atoms with E-state index in [1.807, 2.05) is 30.3 Å². The molecule has 2 aromatic carbocycles. The topological polar surface area (TPSA) is 50.4 Å². The van der Waals surface area contributed by atoms with E-state index in [-0.39, 0.29) is 30.1 Å². The van der Waals surface area contributed by atoms with Crippen LogP contribution in [0, 0.1) is 5.92 Å². The molecule has 3 rings (SSSR count). The molecular formula is C25H28F6N2O2. The molecule has 3 atom stereocenters. The number of alkyl halides is 6. The Balaban J connectivity index is 1.83. The maximum atomic E-state index is 13.3. The first-order valence-electron chi connectivity index (χ1n) is 11.3.